The van der Waals surface area contributed by atoms with E-state index >= 15 is 0 Å². The molecular weight excluding hydrogens is 348 g/mol. The summed E-state index contributed by atoms with van der Waals surface area (Å²) in [7, 11) is 0. The highest BCUT2D eigenvalue weighted by atomic mass is 16.4. The number of benzene rings is 2. The average Bonchev–Trinajstić information content (AvgIpc) is 2.64. The van der Waals surface area contributed by atoms with Crippen LogP contribution in [-0.4, -0.2) is 42.1 Å². The molecule has 0 aliphatic heterocycles. The van der Waals surface area contributed by atoms with E-state index in [0.717, 1.165) is 5.69 Å². The number of nitrogens with one attached hydrogen (secondary N) is 1. The molecule has 0 fully saturated rings. The van der Waals surface area contributed by atoms with Crippen LogP contribution in [0.1, 0.15) is 12.8 Å². The van der Waals surface area contributed by atoms with Gasteiger partial charge in [0.2, 0.25) is 5.91 Å². The van der Waals surface area contributed by atoms with Crippen LogP contribution in [0.25, 0.3) is 10.8 Å². The Morgan fingerprint density at radius 2 is 1.78 bits per heavy atom. The number of nitrogens with zero attached hydrogens (tertiary/aromatic N) is 1. The smallest absolute Gasteiger partial charge is 0.326 e. The van der Waals surface area contributed by atoms with Crippen LogP contribution in [0.15, 0.2) is 47.5 Å². The summed E-state index contributed by atoms with van der Waals surface area (Å²) in [6.45, 7) is 0.0856. The number of fused-ring (bicyclic) bond motifs is 1. The van der Waals surface area contributed by atoms with Gasteiger partial charge in [0.15, 0.2) is 5.96 Å². The van der Waals surface area contributed by atoms with Gasteiger partial charge in [-0.05, 0) is 35.7 Å². The van der Waals surface area contributed by atoms with Crippen LogP contribution in [0, 0.1) is 0 Å². The summed E-state index contributed by atoms with van der Waals surface area (Å²) in [5, 5.41) is 13.5. The molecule has 146 valence electrons. The first-order valence-corrected chi connectivity index (χ1v) is 8.35. The van der Waals surface area contributed by atoms with Gasteiger partial charge in [0, 0.05) is 12.2 Å². The number of hydrogen-bond acceptors (Lipinski definition) is 5. The normalized spacial score (nSPS) is 11.0. The number of aliphatic imine (C=N–C) groups is 1. The zero-order valence-corrected chi connectivity index (χ0v) is 15.0. The fraction of sp³-hybridized carbons (Fsp3) is 0.278. The molecule has 0 saturated carbocycles. The third-order valence-corrected chi connectivity index (χ3v) is 3.54. The predicted octanol–water partition coefficient (Wildman–Crippen LogP) is -0.00990. The Bertz CT molecular complexity index is 790. The molecule has 0 aromatic heterocycles. The first-order valence-electron chi connectivity index (χ1n) is 8.35. The maximum absolute atomic E-state index is 10.9. The van der Waals surface area contributed by atoms with E-state index in [4.69, 9.17) is 28.0 Å². The van der Waals surface area contributed by atoms with Crippen molar-refractivity contribution in [1.29, 1.82) is 0 Å². The predicted molar refractivity (Wildman–Crippen MR) is 107 cm³/mol. The molecule has 1 unspecified atom stereocenters. The highest BCUT2D eigenvalue weighted by molar-refractivity contribution is 5.85. The minimum atomic E-state index is -1.11. The number of rotatable bonds is 7. The molecule has 0 spiro atoms. The van der Waals surface area contributed by atoms with Crippen LogP contribution in [0.5, 0.6) is 0 Å². The summed E-state index contributed by atoms with van der Waals surface area (Å²) >= 11 is 0. The molecule has 1 atom stereocenters. The molecule has 10 N–H and O–H groups in total. The number of amides is 1. The van der Waals surface area contributed by atoms with Crippen molar-refractivity contribution in [1.82, 2.24) is 5.32 Å². The fourth-order valence-corrected chi connectivity index (χ4v) is 2.22. The molecule has 2 aromatic carbocycles. The third kappa shape index (κ3) is 8.54. The monoisotopic (exact) mass is 374 g/mol. The van der Waals surface area contributed by atoms with Gasteiger partial charge in [-0.1, -0.05) is 30.3 Å². The zero-order chi connectivity index (χ0) is 20.2. The van der Waals surface area contributed by atoms with Gasteiger partial charge in [-0.3, -0.25) is 9.79 Å². The first-order chi connectivity index (χ1) is 12.8. The Morgan fingerprint density at radius 1 is 1.11 bits per heavy atom. The second kappa shape index (κ2) is 11.3. The number of carbonyl (C=O) groups is 2. The fourth-order valence-electron chi connectivity index (χ4n) is 2.22. The van der Waals surface area contributed by atoms with Gasteiger partial charge in [0.05, 0.1) is 6.54 Å². The largest absolute Gasteiger partial charge is 0.480 e. The molecule has 0 heterocycles. The minimum Gasteiger partial charge on any atom is -0.480 e. The zero-order valence-electron chi connectivity index (χ0n) is 15.0. The van der Waals surface area contributed by atoms with Crippen molar-refractivity contribution < 1.29 is 14.7 Å². The van der Waals surface area contributed by atoms with E-state index in [9.17, 15) is 9.59 Å². The Kier molecular flexibility index (Phi) is 9.10. The summed E-state index contributed by atoms with van der Waals surface area (Å²) in [5.74, 6) is -1.65. The van der Waals surface area contributed by atoms with Crippen LogP contribution in [0.3, 0.4) is 0 Å². The summed E-state index contributed by atoms with van der Waals surface area (Å²) in [4.78, 5) is 25.3. The van der Waals surface area contributed by atoms with Gasteiger partial charge in [-0.2, -0.15) is 0 Å². The molecule has 0 bridgehead atoms. The molecule has 2 rings (SSSR count). The number of nitrogen functional groups attached to an aromatic ring is 1. The van der Waals surface area contributed by atoms with E-state index in [1.807, 2.05) is 30.3 Å². The van der Waals surface area contributed by atoms with E-state index in [2.05, 4.69) is 22.4 Å². The highest BCUT2D eigenvalue weighted by Gasteiger charge is 2.18. The third-order valence-electron chi connectivity index (χ3n) is 3.54. The quantitative estimate of drug-likeness (QED) is 0.170. The SMILES string of the molecule is NCC(=O)NC(CCCN=C(N)N)C(=O)O.Nc1ccc2ccccc2c1. The topological polar surface area (TPSA) is 183 Å². The molecular formula is C18H26N6O3. The number of aliphatic carboxylic acids is 1. The van der Waals surface area contributed by atoms with E-state index in [-0.39, 0.29) is 18.9 Å². The number of guanidine groups is 1. The summed E-state index contributed by atoms with van der Waals surface area (Å²) in [6.07, 6.45) is 0.706. The molecule has 27 heavy (non-hydrogen) atoms. The number of nitrogens with two attached hydrogens (primary N) is 4. The molecule has 0 saturated heterocycles. The van der Waals surface area contributed by atoms with E-state index in [1.54, 1.807) is 0 Å². The van der Waals surface area contributed by atoms with E-state index in [0.29, 0.717) is 13.0 Å². The van der Waals surface area contributed by atoms with Crippen molar-refractivity contribution in [3.8, 4) is 0 Å². The maximum atomic E-state index is 10.9. The van der Waals surface area contributed by atoms with Gasteiger partial charge < -0.3 is 33.4 Å². The molecule has 1 amide bonds. The lowest BCUT2D eigenvalue weighted by Gasteiger charge is -2.12. The molecule has 0 radical (unpaired) electrons. The average molecular weight is 374 g/mol. The number of carboxylic acids is 1. The molecule has 0 aliphatic rings. The summed E-state index contributed by atoms with van der Waals surface area (Å²) in [6, 6.07) is 13.2. The van der Waals surface area contributed by atoms with E-state index < -0.39 is 17.9 Å². The van der Waals surface area contributed by atoms with E-state index in [1.165, 1.54) is 10.8 Å². The standard InChI is InChI=1S/C10H9N.C8H17N5O3/c11-10-6-5-8-3-1-2-4-9(8)7-10;9-4-6(14)13-5(7(15)16)2-1-3-12-8(10)11/h1-7H,11H2;5H,1-4,9H2,(H,13,14)(H,15,16)(H4,10,11,12). The Balaban J connectivity index is 0.000000285. The summed E-state index contributed by atoms with van der Waals surface area (Å²) in [5.41, 5.74) is 21.7. The van der Waals surface area contributed by atoms with Crippen molar-refractivity contribution in [3.63, 3.8) is 0 Å². The van der Waals surface area contributed by atoms with Crippen molar-refractivity contribution in [2.45, 2.75) is 18.9 Å². The lowest BCUT2D eigenvalue weighted by atomic mass is 10.1. The number of hydrogen-bond donors (Lipinski definition) is 6. The van der Waals surface area contributed by atoms with Gasteiger partial charge in [-0.15, -0.1) is 0 Å². The highest BCUT2D eigenvalue weighted by Crippen LogP contribution is 2.16. The van der Waals surface area contributed by atoms with Crippen molar-refractivity contribution in [2.24, 2.45) is 22.2 Å². The maximum Gasteiger partial charge on any atom is 0.326 e. The second-order valence-corrected chi connectivity index (χ2v) is 5.72. The van der Waals surface area contributed by atoms with Crippen molar-refractivity contribution in [3.05, 3.63) is 42.5 Å². The number of carboxylic acid groups (broad SMARTS) is 1. The number of carbonyl (C=O) groups excluding carboxylic acids is 1. The van der Waals surface area contributed by atoms with Crippen LogP contribution in [-0.2, 0) is 9.59 Å². The molecule has 9 heteroatoms. The van der Waals surface area contributed by atoms with Gasteiger partial charge in [0.1, 0.15) is 6.04 Å². The lowest BCUT2D eigenvalue weighted by molar-refractivity contribution is -0.141. The van der Waals surface area contributed by atoms with Crippen LogP contribution in [0.4, 0.5) is 5.69 Å². The van der Waals surface area contributed by atoms with Crippen LogP contribution < -0.4 is 28.3 Å². The Hall–Kier alpha value is -3.33. The van der Waals surface area contributed by atoms with Crippen LogP contribution in [0.2, 0.25) is 0 Å². The van der Waals surface area contributed by atoms with Gasteiger partial charge >= 0.3 is 5.97 Å². The first kappa shape index (κ1) is 21.7. The molecule has 9 nitrogen and oxygen atoms in total. The van der Waals surface area contributed by atoms with Crippen molar-refractivity contribution in [2.75, 3.05) is 18.8 Å². The molecule has 2 aromatic rings. The lowest BCUT2D eigenvalue weighted by Crippen LogP contribution is -2.43. The van der Waals surface area contributed by atoms with Gasteiger partial charge in [-0.25, -0.2) is 4.79 Å². The Morgan fingerprint density at radius 3 is 2.37 bits per heavy atom. The van der Waals surface area contributed by atoms with Gasteiger partial charge in [0.25, 0.3) is 0 Å². The van der Waals surface area contributed by atoms with Crippen molar-refractivity contribution >= 4 is 34.3 Å². The Labute approximate surface area is 157 Å². The van der Waals surface area contributed by atoms with Crippen LogP contribution >= 0.6 is 0 Å². The number of anilines is 1. The second-order valence-electron chi connectivity index (χ2n) is 5.72. The summed E-state index contributed by atoms with van der Waals surface area (Å²) < 4.78 is 0. The minimum absolute atomic E-state index is 0.0436. The molecule has 0 aliphatic carbocycles.